The molecule has 0 aromatic rings. The quantitative estimate of drug-likeness (QED) is 0.787. The van der Waals surface area contributed by atoms with E-state index in [0.717, 1.165) is 18.3 Å². The van der Waals surface area contributed by atoms with Crippen LogP contribution in [0.5, 0.6) is 0 Å². The van der Waals surface area contributed by atoms with Crippen molar-refractivity contribution in [2.45, 2.75) is 70.5 Å². The van der Waals surface area contributed by atoms with E-state index in [1.165, 1.54) is 32.1 Å². The molecule has 6 atom stereocenters. The molecular formula is C15H26N2O. The number of carbonyl (C=O) groups excluding carboxylic acids is 1. The van der Waals surface area contributed by atoms with Gasteiger partial charge in [-0.05, 0) is 50.4 Å². The predicted octanol–water partition coefficient (Wildman–Crippen LogP) is 2.07. The van der Waals surface area contributed by atoms with Crippen LogP contribution in [0.1, 0.15) is 52.4 Å². The molecule has 3 aliphatic rings. The van der Waals surface area contributed by atoms with Gasteiger partial charge in [0.25, 0.3) is 0 Å². The molecule has 1 aliphatic carbocycles. The van der Waals surface area contributed by atoms with Gasteiger partial charge in [-0.2, -0.15) is 0 Å². The molecule has 6 unspecified atom stereocenters. The molecule has 102 valence electrons. The number of fused-ring (bicyclic) bond motifs is 2. The summed E-state index contributed by atoms with van der Waals surface area (Å²) < 4.78 is 0. The first-order chi connectivity index (χ1) is 8.63. The predicted molar refractivity (Wildman–Crippen MR) is 72.2 cm³/mol. The van der Waals surface area contributed by atoms with Crippen LogP contribution in [0.25, 0.3) is 0 Å². The molecule has 2 saturated heterocycles. The second kappa shape index (κ2) is 4.84. The van der Waals surface area contributed by atoms with Crippen molar-refractivity contribution >= 4 is 5.91 Å². The minimum atomic E-state index is 0.249. The Bertz CT molecular complexity index is 330. The number of nitrogens with one attached hydrogen (secondary N) is 2. The fraction of sp³-hybridized carbons (Fsp3) is 0.933. The molecule has 2 aliphatic heterocycles. The van der Waals surface area contributed by atoms with Gasteiger partial charge in [0.2, 0.25) is 5.91 Å². The van der Waals surface area contributed by atoms with Crippen molar-refractivity contribution in [2.24, 2.45) is 17.8 Å². The van der Waals surface area contributed by atoms with Crippen LogP contribution in [0.3, 0.4) is 0 Å². The van der Waals surface area contributed by atoms with Gasteiger partial charge in [-0.1, -0.05) is 13.8 Å². The highest BCUT2D eigenvalue weighted by Gasteiger charge is 2.43. The van der Waals surface area contributed by atoms with E-state index < -0.39 is 0 Å². The summed E-state index contributed by atoms with van der Waals surface area (Å²) >= 11 is 0. The molecule has 3 heteroatoms. The van der Waals surface area contributed by atoms with Gasteiger partial charge in [-0.25, -0.2) is 0 Å². The molecule has 1 saturated carbocycles. The number of hydrogen-bond acceptors (Lipinski definition) is 2. The summed E-state index contributed by atoms with van der Waals surface area (Å²) in [7, 11) is 0. The third kappa shape index (κ3) is 2.29. The Morgan fingerprint density at radius 1 is 1.06 bits per heavy atom. The van der Waals surface area contributed by atoms with Crippen LogP contribution < -0.4 is 10.6 Å². The molecule has 0 spiro atoms. The Balaban J connectivity index is 1.52. The van der Waals surface area contributed by atoms with Crippen LogP contribution in [-0.2, 0) is 4.79 Å². The number of amides is 1. The number of rotatable bonds is 2. The van der Waals surface area contributed by atoms with E-state index in [0.29, 0.717) is 24.0 Å². The molecule has 2 bridgehead atoms. The third-order valence-corrected chi connectivity index (χ3v) is 5.58. The van der Waals surface area contributed by atoms with E-state index in [2.05, 4.69) is 24.5 Å². The molecule has 0 aromatic carbocycles. The van der Waals surface area contributed by atoms with Gasteiger partial charge in [-0.15, -0.1) is 0 Å². The van der Waals surface area contributed by atoms with Gasteiger partial charge in [0.05, 0.1) is 5.92 Å². The Hall–Kier alpha value is -0.570. The smallest absolute Gasteiger partial charge is 0.224 e. The largest absolute Gasteiger partial charge is 0.353 e. The first-order valence-corrected chi connectivity index (χ1v) is 7.70. The van der Waals surface area contributed by atoms with Crippen LogP contribution in [0.2, 0.25) is 0 Å². The maximum atomic E-state index is 12.3. The highest BCUT2D eigenvalue weighted by molar-refractivity contribution is 5.80. The van der Waals surface area contributed by atoms with E-state index >= 15 is 0 Å². The molecule has 2 N–H and O–H groups in total. The standard InChI is InChI=1S/C15H26N2O/c1-9-3-4-11(7-10(9)2)17-15(18)13-8-12-5-6-14(13)16-12/h9-14,16H,3-8H2,1-2H3,(H,17,18). The van der Waals surface area contributed by atoms with Crippen LogP contribution in [0, 0.1) is 17.8 Å². The summed E-state index contributed by atoms with van der Waals surface area (Å²) in [6.07, 6.45) is 7.14. The van der Waals surface area contributed by atoms with E-state index in [1.807, 2.05) is 0 Å². The van der Waals surface area contributed by atoms with Crippen LogP contribution in [0.15, 0.2) is 0 Å². The van der Waals surface area contributed by atoms with Crippen molar-refractivity contribution in [1.82, 2.24) is 10.6 Å². The maximum absolute atomic E-state index is 12.3. The van der Waals surface area contributed by atoms with E-state index in [4.69, 9.17) is 0 Å². The van der Waals surface area contributed by atoms with Crippen LogP contribution >= 0.6 is 0 Å². The first kappa shape index (κ1) is 12.5. The summed E-state index contributed by atoms with van der Waals surface area (Å²) in [6, 6.07) is 1.52. The van der Waals surface area contributed by atoms with Crippen molar-refractivity contribution in [1.29, 1.82) is 0 Å². The van der Waals surface area contributed by atoms with E-state index in [1.54, 1.807) is 0 Å². The average Bonchev–Trinajstić information content (AvgIpc) is 2.96. The highest BCUT2D eigenvalue weighted by Crippen LogP contribution is 2.34. The maximum Gasteiger partial charge on any atom is 0.224 e. The number of carbonyl (C=O) groups is 1. The van der Waals surface area contributed by atoms with Gasteiger partial charge in [0, 0.05) is 18.1 Å². The Labute approximate surface area is 110 Å². The second-order valence-electron chi connectivity index (χ2n) is 6.86. The molecule has 3 nitrogen and oxygen atoms in total. The molecule has 0 radical (unpaired) electrons. The summed E-state index contributed by atoms with van der Waals surface area (Å²) in [5.41, 5.74) is 0. The van der Waals surface area contributed by atoms with Gasteiger partial charge >= 0.3 is 0 Å². The fourth-order valence-electron chi connectivity index (χ4n) is 4.10. The lowest BCUT2D eigenvalue weighted by molar-refractivity contribution is -0.126. The minimum Gasteiger partial charge on any atom is -0.353 e. The van der Waals surface area contributed by atoms with Crippen molar-refractivity contribution in [3.63, 3.8) is 0 Å². The lowest BCUT2D eigenvalue weighted by Gasteiger charge is -2.33. The number of hydrogen-bond donors (Lipinski definition) is 2. The molecule has 3 fully saturated rings. The van der Waals surface area contributed by atoms with Crippen LogP contribution in [0.4, 0.5) is 0 Å². The summed E-state index contributed by atoms with van der Waals surface area (Å²) in [5.74, 6) is 2.14. The van der Waals surface area contributed by atoms with Crippen molar-refractivity contribution in [3.8, 4) is 0 Å². The zero-order valence-electron chi connectivity index (χ0n) is 11.6. The second-order valence-corrected chi connectivity index (χ2v) is 6.86. The van der Waals surface area contributed by atoms with Crippen molar-refractivity contribution < 1.29 is 4.79 Å². The minimum absolute atomic E-state index is 0.249. The van der Waals surface area contributed by atoms with E-state index in [9.17, 15) is 4.79 Å². The molecule has 3 rings (SSSR count). The summed E-state index contributed by atoms with van der Waals surface area (Å²) in [6.45, 7) is 4.66. The fourth-order valence-corrected chi connectivity index (χ4v) is 4.10. The molecule has 18 heavy (non-hydrogen) atoms. The summed E-state index contributed by atoms with van der Waals surface area (Å²) in [5, 5.41) is 6.87. The normalized spacial score (nSPS) is 47.2. The van der Waals surface area contributed by atoms with Crippen molar-refractivity contribution in [2.75, 3.05) is 0 Å². The van der Waals surface area contributed by atoms with Gasteiger partial charge in [0.15, 0.2) is 0 Å². The average molecular weight is 250 g/mol. The van der Waals surface area contributed by atoms with Crippen LogP contribution in [-0.4, -0.2) is 24.0 Å². The zero-order valence-corrected chi connectivity index (χ0v) is 11.6. The van der Waals surface area contributed by atoms with Gasteiger partial charge in [-0.3, -0.25) is 4.79 Å². The van der Waals surface area contributed by atoms with Gasteiger partial charge < -0.3 is 10.6 Å². The Kier molecular flexibility index (Phi) is 3.35. The van der Waals surface area contributed by atoms with E-state index in [-0.39, 0.29) is 5.92 Å². The first-order valence-electron chi connectivity index (χ1n) is 7.70. The zero-order chi connectivity index (χ0) is 12.7. The van der Waals surface area contributed by atoms with Crippen molar-refractivity contribution in [3.05, 3.63) is 0 Å². The highest BCUT2D eigenvalue weighted by atomic mass is 16.2. The Morgan fingerprint density at radius 2 is 1.89 bits per heavy atom. The lowest BCUT2D eigenvalue weighted by atomic mass is 9.79. The SMILES string of the molecule is CC1CCC(NC(=O)C2CC3CCC2N3)CC1C. The molecular weight excluding hydrogens is 224 g/mol. The third-order valence-electron chi connectivity index (χ3n) is 5.58. The van der Waals surface area contributed by atoms with Gasteiger partial charge in [0.1, 0.15) is 0 Å². The molecule has 2 heterocycles. The Morgan fingerprint density at radius 3 is 2.50 bits per heavy atom. The molecule has 1 amide bonds. The lowest BCUT2D eigenvalue weighted by Crippen LogP contribution is -2.45. The summed E-state index contributed by atoms with van der Waals surface area (Å²) in [4.78, 5) is 12.3. The topological polar surface area (TPSA) is 41.1 Å². The molecule has 0 aromatic heterocycles. The monoisotopic (exact) mass is 250 g/mol.